The average Bonchev–Trinajstić information content (AvgIpc) is 2.14. The average molecular weight is 128 g/mol. The van der Waals surface area contributed by atoms with Gasteiger partial charge in [-0.2, -0.15) is 0 Å². The zero-order chi connectivity index (χ0) is 5.98. The molecule has 2 nitrogen and oxygen atoms in total. The molecule has 0 aliphatic heterocycles. The lowest BCUT2D eigenvalue weighted by molar-refractivity contribution is 0.412. The van der Waals surface area contributed by atoms with Gasteiger partial charge in [-0.05, 0) is 6.92 Å². The molecule has 0 unspecified atom stereocenters. The van der Waals surface area contributed by atoms with Gasteiger partial charge in [0.05, 0.1) is 7.11 Å². The van der Waals surface area contributed by atoms with Crippen molar-refractivity contribution in [3.8, 4) is 5.19 Å². The lowest BCUT2D eigenvalue weighted by Crippen LogP contribution is -1.76. The smallest absolute Gasteiger partial charge is 0.273 e. The minimum Gasteiger partial charge on any atom is -0.473 e. The fourth-order valence-electron chi connectivity index (χ4n) is 0.384. The van der Waals surface area contributed by atoms with Crippen LogP contribution in [-0.2, 0) is 0 Å². The van der Waals surface area contributed by atoms with Crippen LogP contribution in [0.2, 0.25) is 0 Å². The zero-order valence-electron chi connectivity index (χ0n) is 4.55. The van der Waals surface area contributed by atoms with Gasteiger partial charge < -0.3 is 4.74 Å². The molecular weight excluding hydrogens is 122 g/mol. The molecule has 0 saturated heterocycles. The van der Waals surface area contributed by atoms with Crippen molar-refractivity contribution in [1.82, 2.24) is 4.98 Å². The van der Waals surface area contributed by atoms with E-state index >= 15 is 0 Å². The summed E-state index contributed by atoms with van der Waals surface area (Å²) >= 11 is 1.44. The largest absolute Gasteiger partial charge is 0.473 e. The first-order valence-corrected chi connectivity index (χ1v) is 2.96. The summed E-state index contributed by atoms with van der Waals surface area (Å²) in [5.41, 5.74) is 0. The third-order valence-electron chi connectivity index (χ3n) is 0.707. The molecule has 1 rings (SSSR count). The monoisotopic (exact) mass is 128 g/mol. The van der Waals surface area contributed by atoms with Gasteiger partial charge in [0.25, 0.3) is 5.19 Å². The third-order valence-corrected chi connectivity index (χ3v) is 1.52. The maximum absolute atomic E-state index is 4.80. The number of nitrogens with zero attached hydrogens (tertiary/aromatic N) is 1. The summed E-state index contributed by atoms with van der Waals surface area (Å²) < 4.78 is 4.80. The summed E-state index contributed by atoms with van der Waals surface area (Å²) in [6.45, 7) is 3.67. The van der Waals surface area contributed by atoms with Crippen molar-refractivity contribution in [2.75, 3.05) is 7.11 Å². The Kier molecular flexibility index (Phi) is 1.48. The van der Waals surface area contributed by atoms with E-state index in [1.54, 1.807) is 13.3 Å². The highest BCUT2D eigenvalue weighted by Gasteiger charge is 1.92. The Morgan fingerprint density at radius 3 is 2.88 bits per heavy atom. The first kappa shape index (κ1) is 5.56. The molecule has 0 spiro atoms. The van der Waals surface area contributed by atoms with Crippen LogP contribution in [0.3, 0.4) is 0 Å². The molecule has 0 N–H and O–H groups in total. The van der Waals surface area contributed by atoms with Crippen LogP contribution < -0.4 is 4.74 Å². The first-order chi connectivity index (χ1) is 3.83. The third kappa shape index (κ3) is 0.980. The predicted octanol–water partition coefficient (Wildman–Crippen LogP) is 1.33. The molecule has 0 fully saturated rings. The molecule has 0 bridgehead atoms. The van der Waals surface area contributed by atoms with Gasteiger partial charge in [0.1, 0.15) is 0 Å². The van der Waals surface area contributed by atoms with Crippen molar-refractivity contribution in [2.24, 2.45) is 0 Å². The molecule has 1 aromatic heterocycles. The standard InChI is InChI=1S/C5H6NOS/c1-4-3-6-5(7-2)8-4/h3H,1H2,2H3. The summed E-state index contributed by atoms with van der Waals surface area (Å²) in [7, 11) is 1.60. The Labute approximate surface area is 52.1 Å². The Balaban J connectivity index is 2.84. The van der Waals surface area contributed by atoms with E-state index in [2.05, 4.69) is 11.9 Å². The molecule has 1 heterocycles. The number of hydrogen-bond acceptors (Lipinski definition) is 3. The van der Waals surface area contributed by atoms with E-state index in [9.17, 15) is 0 Å². The Hall–Kier alpha value is -0.570. The number of rotatable bonds is 1. The fraction of sp³-hybridized carbons (Fsp3) is 0.200. The van der Waals surface area contributed by atoms with Gasteiger partial charge >= 0.3 is 0 Å². The van der Waals surface area contributed by atoms with Crippen LogP contribution in [0.4, 0.5) is 0 Å². The molecule has 0 aliphatic carbocycles. The summed E-state index contributed by atoms with van der Waals surface area (Å²) in [5.74, 6) is 0. The molecule has 8 heavy (non-hydrogen) atoms. The van der Waals surface area contributed by atoms with E-state index in [0.717, 1.165) is 4.88 Å². The van der Waals surface area contributed by atoms with Crippen molar-refractivity contribution < 1.29 is 4.74 Å². The van der Waals surface area contributed by atoms with E-state index in [4.69, 9.17) is 4.74 Å². The predicted molar refractivity (Wildman–Crippen MR) is 33.1 cm³/mol. The van der Waals surface area contributed by atoms with Gasteiger partial charge in [0.15, 0.2) is 0 Å². The summed E-state index contributed by atoms with van der Waals surface area (Å²) in [4.78, 5) is 4.80. The van der Waals surface area contributed by atoms with E-state index in [1.165, 1.54) is 11.3 Å². The van der Waals surface area contributed by atoms with Crippen LogP contribution in [0, 0.1) is 6.92 Å². The van der Waals surface area contributed by atoms with Crippen LogP contribution in [0.15, 0.2) is 6.20 Å². The topological polar surface area (TPSA) is 22.1 Å². The van der Waals surface area contributed by atoms with E-state index in [1.807, 2.05) is 0 Å². The zero-order valence-corrected chi connectivity index (χ0v) is 5.36. The molecule has 1 aromatic rings. The van der Waals surface area contributed by atoms with Gasteiger partial charge in [-0.1, -0.05) is 11.3 Å². The number of aromatic nitrogens is 1. The Morgan fingerprint density at radius 1 is 1.88 bits per heavy atom. The van der Waals surface area contributed by atoms with Crippen molar-refractivity contribution in [3.05, 3.63) is 18.0 Å². The maximum Gasteiger partial charge on any atom is 0.273 e. The second-order valence-electron chi connectivity index (χ2n) is 1.30. The number of thiazole rings is 1. The molecular formula is C5H6NOS. The fourth-order valence-corrected chi connectivity index (χ4v) is 0.902. The van der Waals surface area contributed by atoms with E-state index < -0.39 is 0 Å². The highest BCUT2D eigenvalue weighted by molar-refractivity contribution is 7.13. The Morgan fingerprint density at radius 2 is 2.62 bits per heavy atom. The molecule has 0 aromatic carbocycles. The van der Waals surface area contributed by atoms with Crippen LogP contribution in [0.25, 0.3) is 0 Å². The van der Waals surface area contributed by atoms with Crippen LogP contribution >= 0.6 is 11.3 Å². The first-order valence-electron chi connectivity index (χ1n) is 2.14. The summed E-state index contributed by atoms with van der Waals surface area (Å²) in [6, 6.07) is 0. The molecule has 43 valence electrons. The molecule has 0 aliphatic rings. The SMILES string of the molecule is [CH2]c1cnc(OC)s1. The lowest BCUT2D eigenvalue weighted by atomic mass is 10.7. The van der Waals surface area contributed by atoms with Gasteiger partial charge in [-0.3, -0.25) is 0 Å². The molecule has 1 radical (unpaired) electrons. The molecule has 3 heteroatoms. The van der Waals surface area contributed by atoms with Crippen molar-refractivity contribution in [3.63, 3.8) is 0 Å². The molecule has 0 atom stereocenters. The Bertz CT molecular complexity index is 173. The van der Waals surface area contributed by atoms with Crippen LogP contribution in [0.1, 0.15) is 4.88 Å². The van der Waals surface area contributed by atoms with Gasteiger partial charge in [-0.15, -0.1) is 0 Å². The highest BCUT2D eigenvalue weighted by Crippen LogP contribution is 2.17. The number of hydrogen-bond donors (Lipinski definition) is 0. The normalized spacial score (nSPS) is 9.25. The minimum absolute atomic E-state index is 0.676. The van der Waals surface area contributed by atoms with Crippen LogP contribution in [0.5, 0.6) is 5.19 Å². The summed E-state index contributed by atoms with van der Waals surface area (Å²) in [5, 5.41) is 0.676. The van der Waals surface area contributed by atoms with Gasteiger partial charge in [0, 0.05) is 11.1 Å². The van der Waals surface area contributed by atoms with Crippen molar-refractivity contribution >= 4 is 11.3 Å². The highest BCUT2D eigenvalue weighted by atomic mass is 32.1. The van der Waals surface area contributed by atoms with Gasteiger partial charge in [0.2, 0.25) is 0 Å². The quantitative estimate of drug-likeness (QED) is 0.569. The van der Waals surface area contributed by atoms with Crippen molar-refractivity contribution in [2.45, 2.75) is 0 Å². The lowest BCUT2D eigenvalue weighted by Gasteiger charge is -1.84. The minimum atomic E-state index is 0.676. The van der Waals surface area contributed by atoms with Crippen molar-refractivity contribution in [1.29, 1.82) is 0 Å². The molecule has 0 saturated carbocycles. The summed E-state index contributed by atoms with van der Waals surface area (Å²) in [6.07, 6.45) is 1.68. The van der Waals surface area contributed by atoms with E-state index in [-0.39, 0.29) is 0 Å². The second-order valence-corrected chi connectivity index (χ2v) is 2.37. The van der Waals surface area contributed by atoms with Gasteiger partial charge in [-0.25, -0.2) is 4.98 Å². The number of methoxy groups -OCH3 is 1. The maximum atomic E-state index is 4.80. The number of ether oxygens (including phenoxy) is 1. The van der Waals surface area contributed by atoms with E-state index in [0.29, 0.717) is 5.19 Å². The van der Waals surface area contributed by atoms with Crippen LogP contribution in [-0.4, -0.2) is 12.1 Å². The second kappa shape index (κ2) is 2.13. The molecule has 0 amide bonds.